The largest absolute Gasteiger partial charge is 0.462 e. The van der Waals surface area contributed by atoms with Crippen molar-refractivity contribution in [2.75, 3.05) is 13.2 Å². The van der Waals surface area contributed by atoms with Gasteiger partial charge in [-0.25, -0.2) is 0 Å². The van der Waals surface area contributed by atoms with E-state index < -0.39 is 5.54 Å². The van der Waals surface area contributed by atoms with E-state index in [0.29, 0.717) is 12.5 Å². The first-order valence-corrected chi connectivity index (χ1v) is 6.83. The standard InChI is InChI=1S/C14H27NO3/c1-11-6-5-7-14(15,10-11)12(16)17-8-9-18-13(2,3)4/h11H,5-10,15H2,1-4H3. The van der Waals surface area contributed by atoms with Crippen LogP contribution >= 0.6 is 0 Å². The Labute approximate surface area is 110 Å². The zero-order valence-electron chi connectivity index (χ0n) is 12.1. The van der Waals surface area contributed by atoms with Gasteiger partial charge < -0.3 is 15.2 Å². The molecular weight excluding hydrogens is 230 g/mol. The molecule has 0 aromatic heterocycles. The van der Waals surface area contributed by atoms with Crippen molar-refractivity contribution in [3.05, 3.63) is 0 Å². The molecule has 0 bridgehead atoms. The number of carbonyl (C=O) groups excluding carboxylic acids is 1. The van der Waals surface area contributed by atoms with Crippen LogP contribution in [0.1, 0.15) is 53.4 Å². The van der Waals surface area contributed by atoms with E-state index in [1.165, 1.54) is 0 Å². The van der Waals surface area contributed by atoms with E-state index in [9.17, 15) is 4.79 Å². The number of carbonyl (C=O) groups is 1. The number of ether oxygens (including phenoxy) is 2. The fourth-order valence-corrected chi connectivity index (χ4v) is 2.40. The van der Waals surface area contributed by atoms with Crippen molar-refractivity contribution < 1.29 is 14.3 Å². The van der Waals surface area contributed by atoms with Crippen LogP contribution in [0.25, 0.3) is 0 Å². The van der Waals surface area contributed by atoms with Gasteiger partial charge in [-0.05, 0) is 39.5 Å². The van der Waals surface area contributed by atoms with Gasteiger partial charge >= 0.3 is 5.97 Å². The predicted molar refractivity (Wildman–Crippen MR) is 71.2 cm³/mol. The third-order valence-corrected chi connectivity index (χ3v) is 3.29. The molecule has 1 aliphatic carbocycles. The second-order valence-electron chi connectivity index (χ2n) is 6.45. The molecule has 1 aliphatic rings. The van der Waals surface area contributed by atoms with Crippen LogP contribution in [0.2, 0.25) is 0 Å². The molecule has 0 saturated heterocycles. The Kier molecular flexibility index (Phi) is 5.17. The topological polar surface area (TPSA) is 61.6 Å². The maximum absolute atomic E-state index is 12.0. The Bertz CT molecular complexity index is 285. The van der Waals surface area contributed by atoms with Crippen molar-refractivity contribution in [3.8, 4) is 0 Å². The Hall–Kier alpha value is -0.610. The molecule has 106 valence electrons. The molecule has 0 aromatic rings. The summed E-state index contributed by atoms with van der Waals surface area (Å²) >= 11 is 0. The second kappa shape index (κ2) is 6.02. The van der Waals surface area contributed by atoms with Crippen LogP contribution in [-0.4, -0.2) is 30.3 Å². The van der Waals surface area contributed by atoms with E-state index in [-0.39, 0.29) is 18.2 Å². The summed E-state index contributed by atoms with van der Waals surface area (Å²) in [4.78, 5) is 12.0. The minimum absolute atomic E-state index is 0.202. The molecule has 18 heavy (non-hydrogen) atoms. The normalized spacial score (nSPS) is 29.1. The number of rotatable bonds is 4. The van der Waals surface area contributed by atoms with Gasteiger partial charge in [0, 0.05) is 0 Å². The molecule has 4 heteroatoms. The first-order chi connectivity index (χ1) is 8.23. The molecule has 0 spiro atoms. The predicted octanol–water partition coefficient (Wildman–Crippen LogP) is 2.25. The molecule has 1 saturated carbocycles. The average molecular weight is 257 g/mol. The second-order valence-corrected chi connectivity index (χ2v) is 6.45. The van der Waals surface area contributed by atoms with Crippen molar-refractivity contribution in [3.63, 3.8) is 0 Å². The van der Waals surface area contributed by atoms with E-state index in [0.717, 1.165) is 25.7 Å². The monoisotopic (exact) mass is 257 g/mol. The lowest BCUT2D eigenvalue weighted by Crippen LogP contribution is -2.52. The molecule has 1 rings (SSSR count). The summed E-state index contributed by atoms with van der Waals surface area (Å²) < 4.78 is 10.7. The summed E-state index contributed by atoms with van der Waals surface area (Å²) in [6.45, 7) is 8.76. The molecule has 4 nitrogen and oxygen atoms in total. The van der Waals surface area contributed by atoms with E-state index >= 15 is 0 Å². The first-order valence-electron chi connectivity index (χ1n) is 6.83. The van der Waals surface area contributed by atoms with Gasteiger partial charge in [0.25, 0.3) is 0 Å². The van der Waals surface area contributed by atoms with Crippen molar-refractivity contribution in [2.45, 2.75) is 64.5 Å². The molecular formula is C14H27NO3. The zero-order valence-corrected chi connectivity index (χ0v) is 12.1. The molecule has 0 amide bonds. The summed E-state index contributed by atoms with van der Waals surface area (Å²) in [6, 6.07) is 0. The first kappa shape index (κ1) is 15.4. The van der Waals surface area contributed by atoms with Crippen LogP contribution in [0.15, 0.2) is 0 Å². The summed E-state index contributed by atoms with van der Waals surface area (Å²) in [6.07, 6.45) is 3.62. The SMILES string of the molecule is CC1CCCC(N)(C(=O)OCCOC(C)(C)C)C1. The molecule has 0 heterocycles. The Morgan fingerprint density at radius 3 is 2.61 bits per heavy atom. The third kappa shape index (κ3) is 4.94. The van der Waals surface area contributed by atoms with E-state index in [2.05, 4.69) is 6.92 Å². The maximum atomic E-state index is 12.0. The van der Waals surface area contributed by atoms with Gasteiger partial charge in [-0.3, -0.25) is 4.79 Å². The van der Waals surface area contributed by atoms with Gasteiger partial charge in [-0.1, -0.05) is 19.8 Å². The molecule has 2 N–H and O–H groups in total. The highest BCUT2D eigenvalue weighted by atomic mass is 16.6. The summed E-state index contributed by atoms with van der Waals surface area (Å²) in [5.74, 6) is 0.230. The highest BCUT2D eigenvalue weighted by molar-refractivity contribution is 5.80. The van der Waals surface area contributed by atoms with E-state index in [1.54, 1.807) is 0 Å². The van der Waals surface area contributed by atoms with Crippen molar-refractivity contribution >= 4 is 5.97 Å². The number of hydrogen-bond donors (Lipinski definition) is 1. The van der Waals surface area contributed by atoms with E-state index in [1.807, 2.05) is 20.8 Å². The van der Waals surface area contributed by atoms with Gasteiger partial charge in [0.15, 0.2) is 0 Å². The summed E-state index contributed by atoms with van der Waals surface area (Å²) in [5, 5.41) is 0. The van der Waals surface area contributed by atoms with Crippen molar-refractivity contribution in [1.82, 2.24) is 0 Å². The lowest BCUT2D eigenvalue weighted by atomic mass is 9.77. The maximum Gasteiger partial charge on any atom is 0.326 e. The number of hydrogen-bond acceptors (Lipinski definition) is 4. The van der Waals surface area contributed by atoms with Crippen molar-refractivity contribution in [2.24, 2.45) is 11.7 Å². The Morgan fingerprint density at radius 2 is 2.06 bits per heavy atom. The Morgan fingerprint density at radius 1 is 1.39 bits per heavy atom. The number of esters is 1. The highest BCUT2D eigenvalue weighted by Gasteiger charge is 2.39. The minimum Gasteiger partial charge on any atom is -0.462 e. The number of nitrogens with two attached hydrogens (primary N) is 1. The van der Waals surface area contributed by atoms with Gasteiger partial charge in [0.1, 0.15) is 12.1 Å². The summed E-state index contributed by atoms with van der Waals surface area (Å²) in [5.41, 5.74) is 5.17. The lowest BCUT2D eigenvalue weighted by molar-refractivity contribution is -0.155. The van der Waals surface area contributed by atoms with Gasteiger partial charge in [0.2, 0.25) is 0 Å². The van der Waals surface area contributed by atoms with Gasteiger partial charge in [0.05, 0.1) is 12.2 Å². The van der Waals surface area contributed by atoms with Crippen LogP contribution in [0.4, 0.5) is 0 Å². The molecule has 0 aliphatic heterocycles. The quantitative estimate of drug-likeness (QED) is 0.620. The highest BCUT2D eigenvalue weighted by Crippen LogP contribution is 2.31. The average Bonchev–Trinajstić information content (AvgIpc) is 2.22. The fraction of sp³-hybridized carbons (Fsp3) is 0.929. The smallest absolute Gasteiger partial charge is 0.326 e. The lowest BCUT2D eigenvalue weighted by Gasteiger charge is -2.34. The van der Waals surface area contributed by atoms with Crippen LogP contribution < -0.4 is 5.73 Å². The summed E-state index contributed by atoms with van der Waals surface area (Å²) in [7, 11) is 0. The Balaban J connectivity index is 2.31. The molecule has 2 unspecified atom stereocenters. The zero-order chi connectivity index (χ0) is 13.8. The van der Waals surface area contributed by atoms with Crippen molar-refractivity contribution in [1.29, 1.82) is 0 Å². The van der Waals surface area contributed by atoms with Crippen LogP contribution in [0, 0.1) is 5.92 Å². The molecule has 0 aromatic carbocycles. The van der Waals surface area contributed by atoms with Crippen LogP contribution in [0.3, 0.4) is 0 Å². The molecule has 1 fully saturated rings. The minimum atomic E-state index is -0.778. The van der Waals surface area contributed by atoms with E-state index in [4.69, 9.17) is 15.2 Å². The van der Waals surface area contributed by atoms with Gasteiger partial charge in [-0.2, -0.15) is 0 Å². The van der Waals surface area contributed by atoms with Gasteiger partial charge in [-0.15, -0.1) is 0 Å². The molecule has 2 atom stereocenters. The van der Waals surface area contributed by atoms with Crippen LogP contribution in [-0.2, 0) is 14.3 Å². The fourth-order valence-electron chi connectivity index (χ4n) is 2.40. The third-order valence-electron chi connectivity index (χ3n) is 3.29. The van der Waals surface area contributed by atoms with Crippen LogP contribution in [0.5, 0.6) is 0 Å². The molecule has 0 radical (unpaired) electrons.